The fraction of sp³-hybridized carbons (Fsp3) is 0.238. The molecule has 9 heteroatoms. The maximum Gasteiger partial charge on any atom is 0.224 e. The molecule has 0 fully saturated rings. The predicted molar refractivity (Wildman–Crippen MR) is 111 cm³/mol. The normalized spacial score (nSPS) is 12.1. The highest BCUT2D eigenvalue weighted by molar-refractivity contribution is 6.35. The van der Waals surface area contributed by atoms with Gasteiger partial charge in [0.15, 0.2) is 0 Å². The van der Waals surface area contributed by atoms with Crippen LogP contribution in [-0.4, -0.2) is 27.3 Å². The van der Waals surface area contributed by atoms with Crippen molar-refractivity contribution >= 4 is 29.1 Å². The van der Waals surface area contributed by atoms with E-state index in [9.17, 15) is 18.7 Å². The fourth-order valence-electron chi connectivity index (χ4n) is 3.13. The number of rotatable bonds is 6. The number of aryl methyl sites for hydroxylation is 1. The molecule has 1 amide bonds. The molecule has 1 heterocycles. The molecule has 0 radical (unpaired) electrons. The molecule has 2 aromatic carbocycles. The Morgan fingerprint density at radius 3 is 2.60 bits per heavy atom. The van der Waals surface area contributed by atoms with Crippen molar-refractivity contribution in [1.82, 2.24) is 15.1 Å². The summed E-state index contributed by atoms with van der Waals surface area (Å²) in [6.07, 6.45) is -1.28. The molecule has 0 aliphatic heterocycles. The Balaban J connectivity index is 1.70. The van der Waals surface area contributed by atoms with E-state index in [0.717, 1.165) is 17.8 Å². The van der Waals surface area contributed by atoms with Gasteiger partial charge in [0.2, 0.25) is 5.91 Å². The number of hydrogen-bond acceptors (Lipinski definition) is 3. The number of aliphatic hydroxyl groups excluding tert-OH is 1. The summed E-state index contributed by atoms with van der Waals surface area (Å²) in [5.74, 6) is -1.98. The van der Waals surface area contributed by atoms with Gasteiger partial charge < -0.3 is 10.4 Å². The third-order valence-corrected chi connectivity index (χ3v) is 5.27. The number of benzene rings is 2. The number of carbonyl (C=O) groups is 1. The number of hydrogen-bond donors (Lipinski definition) is 2. The van der Waals surface area contributed by atoms with Crippen LogP contribution in [0.4, 0.5) is 8.78 Å². The van der Waals surface area contributed by atoms with Crippen LogP contribution in [0, 0.1) is 25.5 Å². The van der Waals surface area contributed by atoms with Crippen LogP contribution >= 0.6 is 23.2 Å². The van der Waals surface area contributed by atoms with Crippen molar-refractivity contribution in [2.24, 2.45) is 0 Å². The minimum absolute atomic E-state index is 0.0154. The van der Waals surface area contributed by atoms with E-state index in [1.165, 1.54) is 0 Å². The Morgan fingerprint density at radius 2 is 1.93 bits per heavy atom. The molecule has 3 rings (SSSR count). The molecule has 30 heavy (non-hydrogen) atoms. The zero-order valence-corrected chi connectivity index (χ0v) is 17.7. The van der Waals surface area contributed by atoms with Gasteiger partial charge in [-0.25, -0.2) is 13.5 Å². The molecular formula is C21H19Cl2F2N3O2. The molecule has 0 aliphatic rings. The quantitative estimate of drug-likeness (QED) is 0.578. The van der Waals surface area contributed by atoms with Crippen LogP contribution in [0.5, 0.6) is 0 Å². The first-order valence-electron chi connectivity index (χ1n) is 9.07. The van der Waals surface area contributed by atoms with Gasteiger partial charge in [0.1, 0.15) is 11.6 Å². The van der Waals surface area contributed by atoms with Crippen molar-refractivity contribution in [3.8, 4) is 5.69 Å². The van der Waals surface area contributed by atoms with Gasteiger partial charge in [-0.05, 0) is 38.1 Å². The van der Waals surface area contributed by atoms with Crippen molar-refractivity contribution in [3.63, 3.8) is 0 Å². The molecule has 5 nitrogen and oxygen atoms in total. The predicted octanol–water partition coefficient (Wildman–Crippen LogP) is 4.47. The Hall–Kier alpha value is -2.48. The molecule has 1 atom stereocenters. The molecular weight excluding hydrogens is 435 g/mol. The van der Waals surface area contributed by atoms with Gasteiger partial charge in [-0.15, -0.1) is 0 Å². The number of nitrogens with one attached hydrogen (secondary N) is 1. The average Bonchev–Trinajstić information content (AvgIpc) is 2.94. The van der Waals surface area contributed by atoms with E-state index in [-0.39, 0.29) is 24.4 Å². The van der Waals surface area contributed by atoms with Crippen molar-refractivity contribution in [1.29, 1.82) is 0 Å². The highest BCUT2D eigenvalue weighted by atomic mass is 35.5. The number of amides is 1. The Labute approximate surface area is 182 Å². The number of aromatic nitrogens is 2. The zero-order chi connectivity index (χ0) is 22.0. The van der Waals surface area contributed by atoms with Crippen LogP contribution < -0.4 is 5.32 Å². The van der Waals surface area contributed by atoms with Gasteiger partial charge in [0, 0.05) is 34.5 Å². The summed E-state index contributed by atoms with van der Waals surface area (Å²) in [4.78, 5) is 12.4. The summed E-state index contributed by atoms with van der Waals surface area (Å²) in [6.45, 7) is 3.38. The molecule has 158 valence electrons. The van der Waals surface area contributed by atoms with E-state index in [4.69, 9.17) is 23.2 Å². The molecule has 0 spiro atoms. The third kappa shape index (κ3) is 4.80. The van der Waals surface area contributed by atoms with E-state index in [1.54, 1.807) is 29.8 Å². The van der Waals surface area contributed by atoms with Crippen molar-refractivity contribution in [3.05, 3.63) is 80.6 Å². The smallest absolute Gasteiger partial charge is 0.224 e. The molecule has 0 aliphatic carbocycles. The highest BCUT2D eigenvalue weighted by Crippen LogP contribution is 2.27. The number of nitrogens with zero attached hydrogens (tertiary/aromatic N) is 2. The molecule has 2 N–H and O–H groups in total. The molecule has 0 bridgehead atoms. The topological polar surface area (TPSA) is 67.2 Å². The van der Waals surface area contributed by atoms with Gasteiger partial charge in [-0.2, -0.15) is 5.10 Å². The first kappa shape index (κ1) is 22.2. The summed E-state index contributed by atoms with van der Waals surface area (Å²) in [7, 11) is 0. The molecule has 1 unspecified atom stereocenters. The summed E-state index contributed by atoms with van der Waals surface area (Å²) >= 11 is 12.2. The number of aliphatic hydroxyl groups is 1. The van der Waals surface area contributed by atoms with E-state index < -0.39 is 17.7 Å². The zero-order valence-electron chi connectivity index (χ0n) is 16.2. The lowest BCUT2D eigenvalue weighted by atomic mass is 10.1. The van der Waals surface area contributed by atoms with Gasteiger partial charge >= 0.3 is 0 Å². The van der Waals surface area contributed by atoms with Crippen LogP contribution in [0.3, 0.4) is 0 Å². The Kier molecular flexibility index (Phi) is 6.75. The van der Waals surface area contributed by atoms with Crippen LogP contribution in [0.15, 0.2) is 36.4 Å². The molecule has 0 saturated carbocycles. The van der Waals surface area contributed by atoms with Gasteiger partial charge in [-0.3, -0.25) is 4.79 Å². The summed E-state index contributed by atoms with van der Waals surface area (Å²) in [6, 6.07) is 7.92. The van der Waals surface area contributed by atoms with Crippen molar-refractivity contribution in [2.45, 2.75) is 26.4 Å². The molecule has 3 aromatic rings. The lowest BCUT2D eigenvalue weighted by molar-refractivity contribution is -0.120. The fourth-order valence-corrected chi connectivity index (χ4v) is 3.62. The lowest BCUT2D eigenvalue weighted by Gasteiger charge is -2.13. The standard InChI is InChI=1S/C21H19Cl2F2N3O2/c1-11-16(12(2)28(27-11)19-6-3-13(22)7-17(19)23)9-21(30)26-10-20(29)15-5-4-14(24)8-18(15)25/h3-8,20,29H,9-10H2,1-2H3,(H,26,30). The maximum atomic E-state index is 13.8. The van der Waals surface area contributed by atoms with Crippen LogP contribution in [-0.2, 0) is 11.2 Å². The highest BCUT2D eigenvalue weighted by Gasteiger charge is 2.19. The van der Waals surface area contributed by atoms with Crippen LogP contribution in [0.2, 0.25) is 10.0 Å². The summed E-state index contributed by atoms with van der Waals surface area (Å²) in [5, 5.41) is 18.1. The average molecular weight is 454 g/mol. The van der Waals surface area contributed by atoms with Crippen LogP contribution in [0.1, 0.15) is 28.6 Å². The number of carbonyl (C=O) groups excluding carboxylic acids is 1. The third-order valence-electron chi connectivity index (χ3n) is 4.73. The van der Waals surface area contributed by atoms with Gasteiger partial charge in [0.25, 0.3) is 0 Å². The number of halogens is 4. The summed E-state index contributed by atoms with van der Waals surface area (Å²) in [5.41, 5.74) is 2.64. The second-order valence-electron chi connectivity index (χ2n) is 6.82. The Bertz CT molecular complexity index is 1100. The second kappa shape index (κ2) is 9.12. The maximum absolute atomic E-state index is 13.8. The molecule has 1 aromatic heterocycles. The van der Waals surface area contributed by atoms with Crippen molar-refractivity contribution in [2.75, 3.05) is 6.54 Å². The van der Waals surface area contributed by atoms with E-state index in [1.807, 2.05) is 6.92 Å². The van der Waals surface area contributed by atoms with Crippen LogP contribution in [0.25, 0.3) is 5.69 Å². The molecule has 0 saturated heterocycles. The first-order valence-corrected chi connectivity index (χ1v) is 9.83. The monoisotopic (exact) mass is 453 g/mol. The van der Waals surface area contributed by atoms with Gasteiger partial charge in [-0.1, -0.05) is 29.3 Å². The van der Waals surface area contributed by atoms with Gasteiger partial charge in [0.05, 0.1) is 28.9 Å². The largest absolute Gasteiger partial charge is 0.386 e. The minimum Gasteiger partial charge on any atom is -0.386 e. The van der Waals surface area contributed by atoms with E-state index in [0.29, 0.717) is 33.1 Å². The van der Waals surface area contributed by atoms with E-state index in [2.05, 4.69) is 10.4 Å². The Morgan fingerprint density at radius 1 is 1.20 bits per heavy atom. The van der Waals surface area contributed by atoms with Crippen molar-refractivity contribution < 1.29 is 18.7 Å². The summed E-state index contributed by atoms with van der Waals surface area (Å²) < 4.78 is 28.4. The van der Waals surface area contributed by atoms with E-state index >= 15 is 0 Å². The lowest BCUT2D eigenvalue weighted by Crippen LogP contribution is -2.30. The first-order chi connectivity index (χ1) is 14.2. The SMILES string of the molecule is Cc1nn(-c2ccc(Cl)cc2Cl)c(C)c1CC(=O)NCC(O)c1ccc(F)cc1F. The second-order valence-corrected chi connectivity index (χ2v) is 7.66. The minimum atomic E-state index is -1.30.